The van der Waals surface area contributed by atoms with Gasteiger partial charge in [0, 0.05) is 18.4 Å². The maximum atomic E-state index is 8.95. The predicted octanol–water partition coefficient (Wildman–Crippen LogP) is 2.10. The molecule has 18 heavy (non-hydrogen) atoms. The van der Waals surface area contributed by atoms with Gasteiger partial charge in [-0.2, -0.15) is 0 Å². The minimum absolute atomic E-state index is 0.238. The fourth-order valence-electron chi connectivity index (χ4n) is 2.40. The summed E-state index contributed by atoms with van der Waals surface area (Å²) >= 11 is 3.57. The number of halogens is 1. The van der Waals surface area contributed by atoms with Crippen molar-refractivity contribution in [2.45, 2.75) is 5.54 Å². The molecule has 1 aliphatic heterocycles. The Morgan fingerprint density at radius 3 is 2.50 bits per heavy atom. The van der Waals surface area contributed by atoms with Crippen LogP contribution in [-0.2, 0) is 15.2 Å². The maximum absolute atomic E-state index is 8.95. The molecule has 0 aromatic heterocycles. The highest BCUT2D eigenvalue weighted by molar-refractivity contribution is 9.09. The van der Waals surface area contributed by atoms with Crippen molar-refractivity contribution >= 4 is 15.9 Å². The van der Waals surface area contributed by atoms with E-state index in [1.54, 1.807) is 0 Å². The third-order valence-corrected chi connectivity index (χ3v) is 4.38. The van der Waals surface area contributed by atoms with Crippen LogP contribution in [0.5, 0.6) is 0 Å². The molecule has 0 spiro atoms. The highest BCUT2D eigenvalue weighted by Crippen LogP contribution is 2.31. The number of benzene rings is 1. The molecule has 1 fully saturated rings. The molecule has 0 saturated carbocycles. The molecule has 1 heterocycles. The molecule has 1 N–H and O–H groups in total. The van der Waals surface area contributed by atoms with E-state index in [9.17, 15) is 0 Å². The molecule has 0 amide bonds. The van der Waals surface area contributed by atoms with Gasteiger partial charge in [-0.15, -0.1) is 0 Å². The van der Waals surface area contributed by atoms with Crippen molar-refractivity contribution in [3.63, 3.8) is 0 Å². The molecule has 5 heteroatoms. The minimum Gasteiger partial charge on any atom is -0.379 e. The molecule has 1 aromatic rings. The molecule has 4 nitrogen and oxygen atoms in total. The number of morpholine rings is 1. The van der Waals surface area contributed by atoms with Crippen molar-refractivity contribution in [3.05, 3.63) is 35.9 Å². The van der Waals surface area contributed by atoms with Crippen molar-refractivity contribution in [2.75, 3.05) is 38.2 Å². The van der Waals surface area contributed by atoms with E-state index in [1.165, 1.54) is 0 Å². The zero-order valence-corrected chi connectivity index (χ0v) is 11.8. The van der Waals surface area contributed by atoms with E-state index in [1.807, 2.05) is 18.2 Å². The van der Waals surface area contributed by atoms with Gasteiger partial charge in [-0.1, -0.05) is 46.3 Å². The summed E-state index contributed by atoms with van der Waals surface area (Å²) in [6.07, 6.45) is 0. The third-order valence-electron chi connectivity index (χ3n) is 3.45. The summed E-state index contributed by atoms with van der Waals surface area (Å²) < 4.78 is 5.39. The Morgan fingerprint density at radius 2 is 1.94 bits per heavy atom. The number of alkyl halides is 1. The molecular formula is C13H18BrNO3. The molecule has 1 aromatic carbocycles. The number of ether oxygens (including phenoxy) is 1. The first-order valence-electron chi connectivity index (χ1n) is 6.04. The van der Waals surface area contributed by atoms with Crippen molar-refractivity contribution in [3.8, 4) is 0 Å². The second-order valence-electron chi connectivity index (χ2n) is 4.40. The molecule has 1 aliphatic rings. The highest BCUT2D eigenvalue weighted by Gasteiger charge is 2.39. The van der Waals surface area contributed by atoms with E-state index >= 15 is 0 Å². The van der Waals surface area contributed by atoms with E-state index in [0.717, 1.165) is 18.7 Å². The van der Waals surface area contributed by atoms with Crippen molar-refractivity contribution in [1.82, 2.24) is 4.90 Å². The van der Waals surface area contributed by atoms with Crippen molar-refractivity contribution in [2.24, 2.45) is 0 Å². The number of hydrogen-bond donors (Lipinski definition) is 1. The van der Waals surface area contributed by atoms with Gasteiger partial charge in [-0.3, -0.25) is 10.2 Å². The summed E-state index contributed by atoms with van der Waals surface area (Å²) in [7, 11) is 0. The minimum atomic E-state index is -0.347. The van der Waals surface area contributed by atoms with Crippen molar-refractivity contribution < 1.29 is 14.9 Å². The molecule has 100 valence electrons. The summed E-state index contributed by atoms with van der Waals surface area (Å²) in [5, 5.41) is 9.65. The Kier molecular flexibility index (Phi) is 5.14. The number of hydrogen-bond acceptors (Lipinski definition) is 4. The molecule has 2 rings (SSSR count). The fraction of sp³-hybridized carbons (Fsp3) is 0.538. The second-order valence-corrected chi connectivity index (χ2v) is 4.96. The topological polar surface area (TPSA) is 41.9 Å². The van der Waals surface area contributed by atoms with Crippen LogP contribution < -0.4 is 0 Å². The summed E-state index contributed by atoms with van der Waals surface area (Å²) in [4.78, 5) is 6.80. The van der Waals surface area contributed by atoms with Crippen LogP contribution in [0.2, 0.25) is 0 Å². The Hall–Kier alpha value is -0.460. The lowest BCUT2D eigenvalue weighted by Crippen LogP contribution is -2.55. The van der Waals surface area contributed by atoms with Crippen LogP contribution in [0.1, 0.15) is 5.56 Å². The summed E-state index contributed by atoms with van der Waals surface area (Å²) in [6, 6.07) is 10.1. The first-order chi connectivity index (χ1) is 8.83. The van der Waals surface area contributed by atoms with E-state index in [-0.39, 0.29) is 12.1 Å². The van der Waals surface area contributed by atoms with Crippen LogP contribution >= 0.6 is 15.9 Å². The zero-order valence-electron chi connectivity index (χ0n) is 10.2. The van der Waals surface area contributed by atoms with Crippen LogP contribution in [0.15, 0.2) is 30.3 Å². The summed E-state index contributed by atoms with van der Waals surface area (Å²) in [5.74, 6) is 0. The quantitative estimate of drug-likeness (QED) is 0.513. The lowest BCUT2D eigenvalue weighted by atomic mass is 9.90. The zero-order chi connectivity index (χ0) is 12.8. The SMILES string of the molecule is OOCC(CBr)(c1ccccc1)N1CCOCC1. The Morgan fingerprint density at radius 1 is 1.28 bits per heavy atom. The van der Waals surface area contributed by atoms with Crippen molar-refractivity contribution in [1.29, 1.82) is 0 Å². The van der Waals surface area contributed by atoms with Gasteiger partial charge in [-0.05, 0) is 5.56 Å². The van der Waals surface area contributed by atoms with E-state index in [2.05, 4.69) is 37.9 Å². The lowest BCUT2D eigenvalue weighted by Gasteiger charge is -2.44. The fourth-order valence-corrected chi connectivity index (χ4v) is 3.24. The van der Waals surface area contributed by atoms with Gasteiger partial charge >= 0.3 is 0 Å². The molecule has 0 bridgehead atoms. The molecule has 1 unspecified atom stereocenters. The number of nitrogens with zero attached hydrogens (tertiary/aromatic N) is 1. The van der Waals surface area contributed by atoms with Gasteiger partial charge in [0.15, 0.2) is 0 Å². The van der Waals surface area contributed by atoms with E-state index in [0.29, 0.717) is 18.5 Å². The molecule has 0 aliphatic carbocycles. The number of rotatable bonds is 5. The predicted molar refractivity (Wildman–Crippen MR) is 72.9 cm³/mol. The van der Waals surface area contributed by atoms with Gasteiger partial charge in [-0.25, -0.2) is 4.89 Å². The standard InChI is InChI=1S/C13H18BrNO3/c14-10-13(11-18-16,12-4-2-1-3-5-12)15-6-8-17-9-7-15/h1-5,16H,6-11H2. The van der Waals surface area contributed by atoms with Gasteiger partial charge < -0.3 is 4.74 Å². The molecular weight excluding hydrogens is 298 g/mol. The lowest BCUT2D eigenvalue weighted by molar-refractivity contribution is -0.265. The van der Waals surface area contributed by atoms with Gasteiger partial charge in [0.05, 0.1) is 18.8 Å². The molecule has 0 radical (unpaired) electrons. The van der Waals surface area contributed by atoms with Gasteiger partial charge in [0.25, 0.3) is 0 Å². The molecule has 1 saturated heterocycles. The monoisotopic (exact) mass is 315 g/mol. The van der Waals surface area contributed by atoms with Crippen LogP contribution in [0.4, 0.5) is 0 Å². The first-order valence-corrected chi connectivity index (χ1v) is 7.16. The molecule has 1 atom stereocenters. The average molecular weight is 316 g/mol. The Balaban J connectivity index is 2.32. The average Bonchev–Trinajstić information content (AvgIpc) is 2.47. The van der Waals surface area contributed by atoms with Crippen LogP contribution in [0, 0.1) is 0 Å². The maximum Gasteiger partial charge on any atom is 0.105 e. The Labute approximate surface area is 116 Å². The summed E-state index contributed by atoms with van der Waals surface area (Å²) in [6.45, 7) is 3.34. The van der Waals surface area contributed by atoms with Crippen LogP contribution in [0.3, 0.4) is 0 Å². The highest BCUT2D eigenvalue weighted by atomic mass is 79.9. The Bertz CT molecular complexity index is 357. The first kappa shape index (κ1) is 14.0. The van der Waals surface area contributed by atoms with E-state index < -0.39 is 0 Å². The van der Waals surface area contributed by atoms with Gasteiger partial charge in [0.2, 0.25) is 0 Å². The third kappa shape index (κ3) is 2.75. The second kappa shape index (κ2) is 6.63. The van der Waals surface area contributed by atoms with Crippen LogP contribution in [0.25, 0.3) is 0 Å². The largest absolute Gasteiger partial charge is 0.379 e. The van der Waals surface area contributed by atoms with E-state index in [4.69, 9.17) is 9.99 Å². The summed E-state index contributed by atoms with van der Waals surface area (Å²) in [5.41, 5.74) is 0.789. The normalized spacial score (nSPS) is 20.6. The smallest absolute Gasteiger partial charge is 0.105 e. The van der Waals surface area contributed by atoms with Crippen LogP contribution in [-0.4, -0.2) is 48.4 Å². The van der Waals surface area contributed by atoms with Gasteiger partial charge in [0.1, 0.15) is 6.61 Å².